The molecule has 0 aliphatic carbocycles. The number of hydrogen-bond donors (Lipinski definition) is 1. The van der Waals surface area contributed by atoms with Crippen LogP contribution < -0.4 is 10.2 Å². The van der Waals surface area contributed by atoms with Crippen molar-refractivity contribution in [1.82, 2.24) is 15.3 Å². The number of nitrogens with zero attached hydrogens (tertiary/aromatic N) is 3. The third-order valence-corrected chi connectivity index (χ3v) is 5.61. The van der Waals surface area contributed by atoms with Crippen LogP contribution in [0.15, 0.2) is 60.9 Å². The van der Waals surface area contributed by atoms with Crippen LogP contribution >= 0.6 is 11.3 Å². The number of anilines is 1. The summed E-state index contributed by atoms with van der Waals surface area (Å²) < 4.78 is 0. The maximum atomic E-state index is 12.7. The minimum Gasteiger partial charge on any atom is -0.347 e. The normalized spacial score (nSPS) is 17.1. The minimum absolute atomic E-state index is 0.00184. The van der Waals surface area contributed by atoms with E-state index < -0.39 is 0 Å². The van der Waals surface area contributed by atoms with E-state index in [0.29, 0.717) is 0 Å². The van der Waals surface area contributed by atoms with Crippen LogP contribution in [0.1, 0.15) is 22.5 Å². The highest BCUT2D eigenvalue weighted by molar-refractivity contribution is 7.17. The van der Waals surface area contributed by atoms with Crippen LogP contribution in [-0.2, 0) is 0 Å². The molecule has 3 aromatic rings. The topological polar surface area (TPSA) is 58.1 Å². The number of nitrogens with one attached hydrogen (secondary N) is 1. The molecular formula is C20H20N4OS. The molecule has 26 heavy (non-hydrogen) atoms. The molecule has 0 spiro atoms. The molecule has 1 aromatic carbocycles. The summed E-state index contributed by atoms with van der Waals surface area (Å²) in [7, 11) is 0. The zero-order chi connectivity index (χ0) is 17.8. The summed E-state index contributed by atoms with van der Waals surface area (Å²) in [6.45, 7) is 1.67. The molecule has 1 unspecified atom stereocenters. The summed E-state index contributed by atoms with van der Waals surface area (Å²) >= 11 is 1.53. The Balaban J connectivity index is 1.41. The average Bonchev–Trinajstić information content (AvgIpc) is 3.20. The Kier molecular flexibility index (Phi) is 4.93. The molecule has 6 heteroatoms. The van der Waals surface area contributed by atoms with Gasteiger partial charge in [-0.2, -0.15) is 0 Å². The van der Waals surface area contributed by atoms with Gasteiger partial charge in [0.05, 0.1) is 4.88 Å². The van der Waals surface area contributed by atoms with Gasteiger partial charge in [0, 0.05) is 36.4 Å². The average molecular weight is 364 g/mol. The molecule has 4 rings (SSSR count). The molecule has 1 aliphatic rings. The highest BCUT2D eigenvalue weighted by atomic mass is 32.1. The molecule has 1 N–H and O–H groups in total. The van der Waals surface area contributed by atoms with Crippen molar-refractivity contribution in [2.45, 2.75) is 18.9 Å². The van der Waals surface area contributed by atoms with Gasteiger partial charge in [0.15, 0.2) is 0 Å². The molecule has 1 aliphatic heterocycles. The van der Waals surface area contributed by atoms with Crippen LogP contribution in [0.5, 0.6) is 0 Å². The molecule has 1 amide bonds. The van der Waals surface area contributed by atoms with Crippen LogP contribution in [0, 0.1) is 0 Å². The highest BCUT2D eigenvalue weighted by Gasteiger charge is 2.23. The summed E-state index contributed by atoms with van der Waals surface area (Å²) in [5.41, 5.74) is 1.14. The van der Waals surface area contributed by atoms with Gasteiger partial charge in [-0.25, -0.2) is 9.97 Å². The van der Waals surface area contributed by atoms with Crippen molar-refractivity contribution in [2.75, 3.05) is 18.0 Å². The van der Waals surface area contributed by atoms with E-state index in [9.17, 15) is 4.79 Å². The molecule has 0 radical (unpaired) electrons. The number of rotatable bonds is 4. The third kappa shape index (κ3) is 3.75. The maximum Gasteiger partial charge on any atom is 0.261 e. The van der Waals surface area contributed by atoms with Gasteiger partial charge in [0.25, 0.3) is 5.91 Å². The quantitative estimate of drug-likeness (QED) is 0.768. The Bertz CT molecular complexity index is 866. The predicted molar refractivity (Wildman–Crippen MR) is 104 cm³/mol. The van der Waals surface area contributed by atoms with Gasteiger partial charge in [-0.05, 0) is 36.6 Å². The smallest absolute Gasteiger partial charge is 0.261 e. The Hall–Kier alpha value is -2.73. The van der Waals surface area contributed by atoms with Crippen molar-refractivity contribution in [1.29, 1.82) is 0 Å². The molecular weight excluding hydrogens is 344 g/mol. The Morgan fingerprint density at radius 1 is 1.08 bits per heavy atom. The third-order valence-electron chi connectivity index (χ3n) is 4.48. The fraction of sp³-hybridized carbons (Fsp3) is 0.250. The van der Waals surface area contributed by atoms with Crippen molar-refractivity contribution in [2.24, 2.45) is 0 Å². The first-order chi connectivity index (χ1) is 12.8. The zero-order valence-corrected chi connectivity index (χ0v) is 15.2. The van der Waals surface area contributed by atoms with Crippen molar-refractivity contribution >= 4 is 23.2 Å². The van der Waals surface area contributed by atoms with E-state index in [4.69, 9.17) is 0 Å². The van der Waals surface area contributed by atoms with Crippen LogP contribution in [0.3, 0.4) is 0 Å². The first kappa shape index (κ1) is 16.7. The predicted octanol–water partition coefficient (Wildman–Crippen LogP) is 3.60. The first-order valence-corrected chi connectivity index (χ1v) is 9.59. The lowest BCUT2D eigenvalue weighted by Gasteiger charge is -2.32. The van der Waals surface area contributed by atoms with E-state index in [1.54, 1.807) is 12.4 Å². The maximum absolute atomic E-state index is 12.7. The number of benzene rings is 1. The van der Waals surface area contributed by atoms with Gasteiger partial charge < -0.3 is 10.2 Å². The summed E-state index contributed by atoms with van der Waals surface area (Å²) in [5, 5.41) is 3.17. The molecule has 1 atom stereocenters. The monoisotopic (exact) mass is 364 g/mol. The number of aromatic nitrogens is 2. The number of amides is 1. The van der Waals surface area contributed by atoms with Crippen molar-refractivity contribution in [3.05, 3.63) is 65.8 Å². The fourth-order valence-corrected chi connectivity index (χ4v) is 4.12. The largest absolute Gasteiger partial charge is 0.347 e. The molecule has 132 valence electrons. The number of thiophene rings is 1. The van der Waals surface area contributed by atoms with Crippen molar-refractivity contribution in [3.63, 3.8) is 0 Å². The summed E-state index contributed by atoms with van der Waals surface area (Å²) in [6, 6.07) is 16.0. The lowest BCUT2D eigenvalue weighted by Crippen LogP contribution is -2.48. The first-order valence-electron chi connectivity index (χ1n) is 8.78. The van der Waals surface area contributed by atoms with E-state index in [2.05, 4.69) is 32.3 Å². The highest BCUT2D eigenvalue weighted by Crippen LogP contribution is 2.28. The molecule has 3 heterocycles. The zero-order valence-electron chi connectivity index (χ0n) is 14.3. The standard InChI is InChI=1S/C20H20N4OS/c25-19(18-10-9-17(26-18)15-6-2-1-3-7-15)23-16-8-4-13-24(14-16)20-21-11-5-12-22-20/h1-3,5-7,9-12,16H,4,8,13-14H2,(H,23,25). The Morgan fingerprint density at radius 2 is 1.88 bits per heavy atom. The number of carbonyl (C=O) groups excluding carboxylic acids is 1. The van der Waals surface area contributed by atoms with Crippen molar-refractivity contribution in [3.8, 4) is 10.4 Å². The van der Waals surface area contributed by atoms with Gasteiger partial charge in [-0.15, -0.1) is 11.3 Å². The molecule has 1 saturated heterocycles. The molecule has 5 nitrogen and oxygen atoms in total. The Labute approximate surface area is 156 Å². The van der Waals surface area contributed by atoms with Crippen LogP contribution in [-0.4, -0.2) is 35.0 Å². The fourth-order valence-electron chi connectivity index (χ4n) is 3.21. The van der Waals surface area contributed by atoms with Crippen LogP contribution in [0.25, 0.3) is 10.4 Å². The number of carbonyl (C=O) groups is 1. The van der Waals surface area contributed by atoms with Crippen LogP contribution in [0.4, 0.5) is 5.95 Å². The van der Waals surface area contributed by atoms with E-state index in [0.717, 1.165) is 47.2 Å². The summed E-state index contributed by atoms with van der Waals surface area (Å²) in [6.07, 6.45) is 5.50. The van der Waals surface area contributed by atoms with Gasteiger partial charge in [-0.1, -0.05) is 30.3 Å². The van der Waals surface area contributed by atoms with Gasteiger partial charge in [-0.3, -0.25) is 4.79 Å². The summed E-state index contributed by atoms with van der Waals surface area (Å²) in [5.74, 6) is 0.729. The number of hydrogen-bond acceptors (Lipinski definition) is 5. The summed E-state index contributed by atoms with van der Waals surface area (Å²) in [4.78, 5) is 25.3. The van der Waals surface area contributed by atoms with Gasteiger partial charge in [0.2, 0.25) is 5.95 Å². The van der Waals surface area contributed by atoms with E-state index in [1.165, 1.54) is 11.3 Å². The lowest BCUT2D eigenvalue weighted by molar-refractivity contribution is 0.0937. The van der Waals surface area contributed by atoms with Crippen molar-refractivity contribution < 1.29 is 4.79 Å². The van der Waals surface area contributed by atoms with E-state index in [1.807, 2.05) is 36.4 Å². The second-order valence-electron chi connectivity index (χ2n) is 6.34. The second-order valence-corrected chi connectivity index (χ2v) is 7.42. The number of piperidine rings is 1. The SMILES string of the molecule is O=C(NC1CCCN(c2ncccn2)C1)c1ccc(-c2ccccc2)s1. The molecule has 1 fully saturated rings. The molecule has 2 aromatic heterocycles. The molecule has 0 bridgehead atoms. The van der Waals surface area contributed by atoms with E-state index >= 15 is 0 Å². The van der Waals surface area contributed by atoms with Crippen LogP contribution in [0.2, 0.25) is 0 Å². The lowest BCUT2D eigenvalue weighted by atomic mass is 10.1. The van der Waals surface area contributed by atoms with Gasteiger partial charge >= 0.3 is 0 Å². The van der Waals surface area contributed by atoms with Gasteiger partial charge in [0.1, 0.15) is 0 Å². The Morgan fingerprint density at radius 3 is 2.69 bits per heavy atom. The second kappa shape index (κ2) is 7.66. The van der Waals surface area contributed by atoms with E-state index in [-0.39, 0.29) is 11.9 Å². The minimum atomic E-state index is -0.00184. The molecule has 0 saturated carbocycles.